The molecular weight excluding hydrogens is 412 g/mol. The van der Waals surface area contributed by atoms with Crippen LogP contribution >= 0.6 is 27.7 Å². The molecule has 1 aromatic rings. The number of amidine groups is 1. The van der Waals surface area contributed by atoms with E-state index in [-0.39, 0.29) is 5.91 Å². The van der Waals surface area contributed by atoms with Crippen LogP contribution in [0.4, 0.5) is 0 Å². The Kier molecular flexibility index (Phi) is 6.49. The van der Waals surface area contributed by atoms with Gasteiger partial charge in [-0.15, -0.1) is 0 Å². The Balaban J connectivity index is 2.38. The average Bonchev–Trinajstić information content (AvgIpc) is 2.82. The van der Waals surface area contributed by atoms with Gasteiger partial charge in [-0.1, -0.05) is 0 Å². The number of ether oxygens (including phenoxy) is 2. The molecule has 0 atom stereocenters. The molecule has 0 saturated carbocycles. The largest absolute Gasteiger partial charge is 0.490 e. The van der Waals surface area contributed by atoms with E-state index >= 15 is 0 Å². The van der Waals surface area contributed by atoms with Crippen LogP contribution < -0.4 is 9.47 Å². The van der Waals surface area contributed by atoms with Crippen molar-refractivity contribution in [2.45, 2.75) is 6.92 Å². The molecule has 9 heteroatoms. The number of nitrogens with zero attached hydrogens (tertiary/aromatic N) is 2. The number of halogens is 1. The number of carboxylic acid groups (broad SMARTS) is 1. The number of carbonyl (C=O) groups is 2. The van der Waals surface area contributed by atoms with Crippen LogP contribution in [0, 0.1) is 0 Å². The summed E-state index contributed by atoms with van der Waals surface area (Å²) in [7, 11) is 3.30. The van der Waals surface area contributed by atoms with E-state index in [1.54, 1.807) is 32.3 Å². The summed E-state index contributed by atoms with van der Waals surface area (Å²) >= 11 is 4.65. The van der Waals surface area contributed by atoms with E-state index in [0.717, 1.165) is 5.56 Å². The summed E-state index contributed by atoms with van der Waals surface area (Å²) in [6, 6.07) is 3.44. The molecule has 1 aromatic carbocycles. The molecule has 2 rings (SSSR count). The van der Waals surface area contributed by atoms with Crippen molar-refractivity contribution < 1.29 is 24.2 Å². The maximum atomic E-state index is 12.2. The first-order valence-corrected chi connectivity index (χ1v) is 8.93. The number of amides is 1. The zero-order chi connectivity index (χ0) is 18.6. The summed E-state index contributed by atoms with van der Waals surface area (Å²) in [5.41, 5.74) is 0.722. The number of thioether (sulfide) groups is 1. The Labute approximate surface area is 157 Å². The smallest absolute Gasteiger partial charge is 0.341 e. The highest BCUT2D eigenvalue weighted by Gasteiger charge is 2.29. The Bertz CT molecular complexity index is 763. The lowest BCUT2D eigenvalue weighted by Gasteiger charge is -2.13. The third-order valence-corrected chi connectivity index (χ3v) is 4.90. The number of aliphatic carboxylic acids is 1. The standard InChI is InChI=1S/C16H17BrN2O5S/c1-4-23-11-6-9(5-10(17)14(11)24-8-13(20)21)7-12-15(22)19(3)16(18-2)25-12/h5-7H,4,8H2,1-3H3,(H,20,21)/b12-7+,18-16?. The molecule has 0 aromatic heterocycles. The summed E-state index contributed by atoms with van der Waals surface area (Å²) in [6.45, 7) is 1.73. The van der Waals surface area contributed by atoms with Crippen LogP contribution in [-0.2, 0) is 9.59 Å². The van der Waals surface area contributed by atoms with E-state index in [2.05, 4.69) is 20.9 Å². The van der Waals surface area contributed by atoms with Crippen molar-refractivity contribution in [1.82, 2.24) is 4.90 Å². The zero-order valence-corrected chi connectivity index (χ0v) is 16.3. The number of aliphatic imine (C=N–C) groups is 1. The van der Waals surface area contributed by atoms with E-state index in [4.69, 9.17) is 14.6 Å². The Hall–Kier alpha value is -2.00. The van der Waals surface area contributed by atoms with Gasteiger partial charge in [0.15, 0.2) is 23.3 Å². The van der Waals surface area contributed by atoms with Crippen molar-refractivity contribution in [3.63, 3.8) is 0 Å². The van der Waals surface area contributed by atoms with Gasteiger partial charge in [-0.2, -0.15) is 0 Å². The molecule has 1 amide bonds. The third kappa shape index (κ3) is 4.55. The van der Waals surface area contributed by atoms with Crippen molar-refractivity contribution in [3.8, 4) is 11.5 Å². The molecule has 0 aliphatic carbocycles. The second-order valence-electron chi connectivity index (χ2n) is 4.93. The molecule has 1 N–H and O–H groups in total. The lowest BCUT2D eigenvalue weighted by atomic mass is 10.2. The molecule has 1 aliphatic heterocycles. The van der Waals surface area contributed by atoms with Gasteiger partial charge in [-0.05, 0) is 58.4 Å². The van der Waals surface area contributed by atoms with Crippen molar-refractivity contribution in [2.24, 2.45) is 4.99 Å². The maximum absolute atomic E-state index is 12.2. The minimum Gasteiger partial charge on any atom is -0.490 e. The number of hydrogen-bond acceptors (Lipinski definition) is 6. The predicted molar refractivity (Wildman–Crippen MR) is 100 cm³/mol. The molecule has 7 nitrogen and oxygen atoms in total. The fraction of sp³-hybridized carbons (Fsp3) is 0.312. The normalized spacial score (nSPS) is 17.4. The van der Waals surface area contributed by atoms with E-state index in [0.29, 0.717) is 32.7 Å². The summed E-state index contributed by atoms with van der Waals surface area (Å²) in [5.74, 6) is -0.503. The Morgan fingerprint density at radius 2 is 2.16 bits per heavy atom. The minimum absolute atomic E-state index is 0.133. The van der Waals surface area contributed by atoms with Crippen LogP contribution in [0.3, 0.4) is 0 Å². The van der Waals surface area contributed by atoms with Gasteiger partial charge < -0.3 is 14.6 Å². The van der Waals surface area contributed by atoms with Gasteiger partial charge >= 0.3 is 5.97 Å². The molecule has 1 heterocycles. The first-order chi connectivity index (χ1) is 11.9. The molecule has 0 unspecified atom stereocenters. The topological polar surface area (TPSA) is 88.4 Å². The van der Waals surface area contributed by atoms with Crippen LogP contribution in [-0.4, -0.2) is 54.4 Å². The summed E-state index contributed by atoms with van der Waals surface area (Å²) in [6.07, 6.45) is 1.73. The Morgan fingerprint density at radius 1 is 1.44 bits per heavy atom. The molecule has 1 fully saturated rings. The lowest BCUT2D eigenvalue weighted by Crippen LogP contribution is -2.23. The number of rotatable bonds is 6. The van der Waals surface area contributed by atoms with Crippen molar-refractivity contribution >= 4 is 50.8 Å². The quantitative estimate of drug-likeness (QED) is 0.700. The summed E-state index contributed by atoms with van der Waals surface area (Å²) in [5, 5.41) is 9.41. The average molecular weight is 429 g/mol. The molecule has 134 valence electrons. The fourth-order valence-electron chi connectivity index (χ4n) is 2.11. The van der Waals surface area contributed by atoms with Gasteiger partial charge in [0.2, 0.25) is 0 Å². The molecular formula is C16H17BrN2O5S. The zero-order valence-electron chi connectivity index (χ0n) is 13.9. The molecule has 25 heavy (non-hydrogen) atoms. The highest BCUT2D eigenvalue weighted by atomic mass is 79.9. The van der Waals surface area contributed by atoms with Gasteiger partial charge in [0.1, 0.15) is 0 Å². The maximum Gasteiger partial charge on any atom is 0.341 e. The third-order valence-electron chi connectivity index (χ3n) is 3.16. The van der Waals surface area contributed by atoms with Gasteiger partial charge in [0, 0.05) is 14.1 Å². The molecule has 1 aliphatic rings. The number of likely N-dealkylation sites (N-methyl/N-ethyl adjacent to an activating group) is 1. The predicted octanol–water partition coefficient (Wildman–Crippen LogP) is 2.84. The van der Waals surface area contributed by atoms with E-state index < -0.39 is 12.6 Å². The highest BCUT2D eigenvalue weighted by molar-refractivity contribution is 9.10. The first kappa shape index (κ1) is 19.3. The monoisotopic (exact) mass is 428 g/mol. The second kappa shape index (κ2) is 8.39. The molecule has 0 bridgehead atoms. The van der Waals surface area contributed by atoms with Crippen molar-refractivity contribution in [2.75, 3.05) is 27.3 Å². The summed E-state index contributed by atoms with van der Waals surface area (Å²) in [4.78, 5) is 29.1. The van der Waals surface area contributed by atoms with Crippen LogP contribution in [0.1, 0.15) is 12.5 Å². The molecule has 0 spiro atoms. The molecule has 0 radical (unpaired) electrons. The van der Waals surface area contributed by atoms with E-state index in [1.165, 1.54) is 16.7 Å². The summed E-state index contributed by atoms with van der Waals surface area (Å²) < 4.78 is 11.4. The fourth-order valence-corrected chi connectivity index (χ4v) is 3.61. The van der Waals surface area contributed by atoms with Crippen LogP contribution in [0.5, 0.6) is 11.5 Å². The van der Waals surface area contributed by atoms with Crippen LogP contribution in [0.25, 0.3) is 6.08 Å². The molecule has 1 saturated heterocycles. The van der Waals surface area contributed by atoms with Crippen molar-refractivity contribution in [1.29, 1.82) is 0 Å². The van der Waals surface area contributed by atoms with Crippen molar-refractivity contribution in [3.05, 3.63) is 27.1 Å². The Morgan fingerprint density at radius 3 is 2.72 bits per heavy atom. The first-order valence-electron chi connectivity index (χ1n) is 7.32. The van der Waals surface area contributed by atoms with Crippen LogP contribution in [0.2, 0.25) is 0 Å². The number of hydrogen-bond donors (Lipinski definition) is 1. The SMILES string of the molecule is CCOc1cc(/C=C2/SC(=NC)N(C)C2=O)cc(Br)c1OCC(=O)O. The highest BCUT2D eigenvalue weighted by Crippen LogP contribution is 2.39. The number of benzene rings is 1. The van der Waals surface area contributed by atoms with Gasteiger partial charge in [-0.3, -0.25) is 14.7 Å². The van der Waals surface area contributed by atoms with E-state index in [1.807, 2.05) is 6.92 Å². The number of carboxylic acids is 1. The lowest BCUT2D eigenvalue weighted by molar-refractivity contribution is -0.139. The van der Waals surface area contributed by atoms with E-state index in [9.17, 15) is 9.59 Å². The minimum atomic E-state index is -1.08. The second-order valence-corrected chi connectivity index (χ2v) is 6.79. The van der Waals surface area contributed by atoms with Gasteiger partial charge in [0.05, 0.1) is 16.0 Å². The van der Waals surface area contributed by atoms with Gasteiger partial charge in [-0.25, -0.2) is 4.79 Å². The van der Waals surface area contributed by atoms with Crippen LogP contribution in [0.15, 0.2) is 26.5 Å². The van der Waals surface area contributed by atoms with Gasteiger partial charge in [0.25, 0.3) is 5.91 Å². The number of carbonyl (C=O) groups excluding carboxylic acids is 1.